The van der Waals surface area contributed by atoms with E-state index in [1.807, 2.05) is 13.8 Å². The number of nitrogens with zero attached hydrogens (tertiary/aromatic N) is 2. The van der Waals surface area contributed by atoms with Gasteiger partial charge in [-0.3, -0.25) is 9.00 Å². The lowest BCUT2D eigenvalue weighted by atomic mass is 10.1. The predicted octanol–water partition coefficient (Wildman–Crippen LogP) is 1.72. The molecule has 2 heterocycles. The molecule has 1 aliphatic heterocycles. The Morgan fingerprint density at radius 1 is 1.50 bits per heavy atom. The fraction of sp³-hybridized carbons (Fsp3) is 0.500. The Labute approximate surface area is 114 Å². The summed E-state index contributed by atoms with van der Waals surface area (Å²) in [4.78, 5) is 18.0. The maximum atomic E-state index is 12.2. The summed E-state index contributed by atoms with van der Waals surface area (Å²) in [5.41, 5.74) is 0.378. The molecule has 1 aromatic rings. The zero-order valence-corrected chi connectivity index (χ0v) is 11.9. The molecule has 1 saturated heterocycles. The van der Waals surface area contributed by atoms with Crippen molar-refractivity contribution in [3.63, 3.8) is 0 Å². The van der Waals surface area contributed by atoms with Gasteiger partial charge in [0.1, 0.15) is 5.69 Å². The van der Waals surface area contributed by atoms with Crippen LogP contribution in [-0.4, -0.2) is 43.6 Å². The molecule has 0 radical (unpaired) electrons. The second-order valence-electron chi connectivity index (χ2n) is 4.90. The summed E-state index contributed by atoms with van der Waals surface area (Å²) in [5, 5.41) is 0.506. The summed E-state index contributed by atoms with van der Waals surface area (Å²) in [5.74, 6) is 0.392. The first-order chi connectivity index (χ1) is 8.40. The Hall–Kier alpha value is -0.940. The van der Waals surface area contributed by atoms with Crippen molar-refractivity contribution in [2.75, 3.05) is 18.8 Å². The van der Waals surface area contributed by atoms with Crippen LogP contribution in [-0.2, 0) is 10.8 Å². The van der Waals surface area contributed by atoms with Crippen LogP contribution in [0.1, 0.15) is 24.3 Å². The lowest BCUT2D eigenvalue weighted by Gasteiger charge is -2.37. The first kappa shape index (κ1) is 13.5. The number of rotatable bonds is 1. The first-order valence-electron chi connectivity index (χ1n) is 5.69. The average molecular weight is 287 g/mol. The molecule has 6 heteroatoms. The summed E-state index contributed by atoms with van der Waals surface area (Å²) in [6.07, 6.45) is 1.46. The largest absolute Gasteiger partial charge is 0.335 e. The molecule has 0 spiro atoms. The van der Waals surface area contributed by atoms with Gasteiger partial charge in [-0.15, -0.1) is 0 Å². The van der Waals surface area contributed by atoms with E-state index in [4.69, 9.17) is 11.6 Å². The first-order valence-corrected chi connectivity index (χ1v) is 7.39. The van der Waals surface area contributed by atoms with Crippen LogP contribution in [0, 0.1) is 0 Å². The zero-order valence-electron chi connectivity index (χ0n) is 10.4. The van der Waals surface area contributed by atoms with Gasteiger partial charge in [-0.05, 0) is 26.0 Å². The number of carbonyl (C=O) groups is 1. The SMILES string of the molecule is CC1(C)CN(C(=O)c2ccc(Cl)cn2)CCS1=O. The van der Waals surface area contributed by atoms with Gasteiger partial charge in [0.25, 0.3) is 5.91 Å². The Morgan fingerprint density at radius 2 is 2.22 bits per heavy atom. The molecule has 2 rings (SSSR count). The molecular formula is C12H15ClN2O2S. The Balaban J connectivity index is 2.15. The molecule has 1 amide bonds. The maximum absolute atomic E-state index is 12.2. The van der Waals surface area contributed by atoms with Crippen LogP contribution >= 0.6 is 11.6 Å². The van der Waals surface area contributed by atoms with Gasteiger partial charge < -0.3 is 4.90 Å². The third-order valence-corrected chi connectivity index (χ3v) is 5.11. The van der Waals surface area contributed by atoms with Crippen molar-refractivity contribution in [3.8, 4) is 0 Å². The van der Waals surface area contributed by atoms with Gasteiger partial charge in [-0.2, -0.15) is 0 Å². The summed E-state index contributed by atoms with van der Waals surface area (Å²) in [6.45, 7) is 4.83. The molecule has 0 N–H and O–H groups in total. The van der Waals surface area contributed by atoms with Gasteiger partial charge >= 0.3 is 0 Å². The highest BCUT2D eigenvalue weighted by Crippen LogP contribution is 2.21. The van der Waals surface area contributed by atoms with Crippen LogP contribution in [0.5, 0.6) is 0 Å². The minimum atomic E-state index is -0.883. The standard InChI is InChI=1S/C12H15ClN2O2S/c1-12(2)8-15(5-6-18(12)17)11(16)10-4-3-9(13)7-14-10/h3-4,7H,5-6,8H2,1-2H3. The summed E-state index contributed by atoms with van der Waals surface area (Å²) >= 11 is 5.74. The number of amides is 1. The van der Waals surface area contributed by atoms with Crippen LogP contribution in [0.15, 0.2) is 18.3 Å². The molecule has 0 aliphatic carbocycles. The van der Waals surface area contributed by atoms with Crippen LogP contribution in [0.25, 0.3) is 0 Å². The van der Waals surface area contributed by atoms with Crippen molar-refractivity contribution >= 4 is 28.3 Å². The zero-order chi connectivity index (χ0) is 13.3. The minimum absolute atomic E-state index is 0.128. The van der Waals surface area contributed by atoms with E-state index in [-0.39, 0.29) is 10.7 Å². The van der Waals surface area contributed by atoms with Crippen molar-refractivity contribution < 1.29 is 9.00 Å². The molecule has 1 aliphatic rings. The monoisotopic (exact) mass is 286 g/mol. The molecule has 0 aromatic carbocycles. The fourth-order valence-corrected chi connectivity index (χ4v) is 3.27. The second-order valence-corrected chi connectivity index (χ2v) is 7.54. The van der Waals surface area contributed by atoms with E-state index in [2.05, 4.69) is 4.98 Å². The number of aromatic nitrogens is 1. The number of pyridine rings is 1. The summed E-state index contributed by atoms with van der Waals surface area (Å²) in [6, 6.07) is 3.26. The van der Waals surface area contributed by atoms with Crippen molar-refractivity contribution in [2.45, 2.75) is 18.6 Å². The van der Waals surface area contributed by atoms with E-state index < -0.39 is 10.8 Å². The number of hydrogen-bond acceptors (Lipinski definition) is 3. The highest BCUT2D eigenvalue weighted by molar-refractivity contribution is 7.86. The molecule has 4 nitrogen and oxygen atoms in total. The van der Waals surface area contributed by atoms with E-state index >= 15 is 0 Å². The lowest BCUT2D eigenvalue weighted by Crippen LogP contribution is -2.52. The Morgan fingerprint density at radius 3 is 2.78 bits per heavy atom. The van der Waals surface area contributed by atoms with Crippen LogP contribution in [0.3, 0.4) is 0 Å². The second kappa shape index (κ2) is 4.97. The third-order valence-electron chi connectivity index (χ3n) is 2.97. The van der Waals surface area contributed by atoms with Crippen molar-refractivity contribution in [1.29, 1.82) is 0 Å². The van der Waals surface area contributed by atoms with E-state index in [1.165, 1.54) is 6.20 Å². The molecule has 98 valence electrons. The summed E-state index contributed by atoms with van der Waals surface area (Å²) in [7, 11) is -0.883. The minimum Gasteiger partial charge on any atom is -0.335 e. The van der Waals surface area contributed by atoms with Crippen LogP contribution in [0.2, 0.25) is 5.02 Å². The molecule has 1 unspecified atom stereocenters. The maximum Gasteiger partial charge on any atom is 0.272 e. The van der Waals surface area contributed by atoms with E-state index in [1.54, 1.807) is 17.0 Å². The molecule has 1 atom stereocenters. The predicted molar refractivity (Wildman–Crippen MR) is 72.2 cm³/mol. The van der Waals surface area contributed by atoms with Crippen LogP contribution in [0.4, 0.5) is 0 Å². The molecule has 0 saturated carbocycles. The van der Waals surface area contributed by atoms with Crippen molar-refractivity contribution in [1.82, 2.24) is 9.88 Å². The van der Waals surface area contributed by atoms with Gasteiger partial charge in [-0.1, -0.05) is 11.6 Å². The van der Waals surface area contributed by atoms with Gasteiger partial charge in [0.05, 0.1) is 9.77 Å². The quantitative estimate of drug-likeness (QED) is 0.790. The Bertz CT molecular complexity index is 487. The lowest BCUT2D eigenvalue weighted by molar-refractivity contribution is 0.0740. The highest BCUT2D eigenvalue weighted by atomic mass is 35.5. The number of hydrogen-bond donors (Lipinski definition) is 0. The highest BCUT2D eigenvalue weighted by Gasteiger charge is 2.35. The van der Waals surface area contributed by atoms with Gasteiger partial charge in [-0.25, -0.2) is 4.98 Å². The normalized spacial score (nSPS) is 22.8. The van der Waals surface area contributed by atoms with Crippen LogP contribution < -0.4 is 0 Å². The third kappa shape index (κ3) is 2.72. The molecule has 0 bridgehead atoms. The van der Waals surface area contributed by atoms with Gasteiger partial charge in [0.15, 0.2) is 0 Å². The van der Waals surface area contributed by atoms with E-state index in [0.717, 1.165) is 0 Å². The van der Waals surface area contributed by atoms with Gasteiger partial charge in [0.2, 0.25) is 0 Å². The topological polar surface area (TPSA) is 50.3 Å². The molecule has 1 aromatic heterocycles. The van der Waals surface area contributed by atoms with Crippen molar-refractivity contribution in [2.24, 2.45) is 0 Å². The fourth-order valence-electron chi connectivity index (χ4n) is 1.92. The van der Waals surface area contributed by atoms with Crippen molar-refractivity contribution in [3.05, 3.63) is 29.0 Å². The molecular weight excluding hydrogens is 272 g/mol. The van der Waals surface area contributed by atoms with Gasteiger partial charge in [0, 0.05) is 35.8 Å². The number of halogens is 1. The van der Waals surface area contributed by atoms with E-state index in [0.29, 0.717) is 29.6 Å². The Kier molecular flexibility index (Phi) is 3.73. The molecule has 1 fully saturated rings. The summed E-state index contributed by atoms with van der Waals surface area (Å²) < 4.78 is 11.4. The average Bonchev–Trinajstić information content (AvgIpc) is 2.33. The molecule has 18 heavy (non-hydrogen) atoms. The number of carbonyl (C=O) groups excluding carboxylic acids is 1. The van der Waals surface area contributed by atoms with E-state index in [9.17, 15) is 9.00 Å². The smallest absolute Gasteiger partial charge is 0.272 e.